The molecule has 0 spiro atoms. The molecular weight excluding hydrogens is 410 g/mol. The molecule has 0 fully saturated rings. The predicted molar refractivity (Wildman–Crippen MR) is 109 cm³/mol. The Bertz CT molecular complexity index is 1210. The largest absolute Gasteiger partial charge is 0.394 e. The van der Waals surface area contributed by atoms with Gasteiger partial charge in [-0.25, -0.2) is 10.4 Å². The molecule has 12 nitrogen and oxygen atoms in total. The molecule has 1 aromatic heterocycles. The number of nitro benzene ring substituents is 1. The Balaban J connectivity index is 1.98. The van der Waals surface area contributed by atoms with Crippen LogP contribution in [0, 0.1) is 10.1 Å². The third-order valence-corrected chi connectivity index (χ3v) is 4.29. The Morgan fingerprint density at radius 3 is 2.52 bits per heavy atom. The van der Waals surface area contributed by atoms with Gasteiger partial charge >= 0.3 is 0 Å². The number of H-pyrrole nitrogens is 1. The first-order chi connectivity index (χ1) is 14.8. The molecule has 3 aromatic rings. The molecule has 0 aliphatic heterocycles. The summed E-state index contributed by atoms with van der Waals surface area (Å²) in [5.41, 5.74) is 1.10. The summed E-state index contributed by atoms with van der Waals surface area (Å²) >= 11 is 0. The van der Waals surface area contributed by atoms with Crippen LogP contribution in [0.15, 0.2) is 58.4 Å². The fourth-order valence-electron chi connectivity index (χ4n) is 2.65. The van der Waals surface area contributed by atoms with Gasteiger partial charge in [0.05, 0.1) is 22.6 Å². The molecule has 2 atom stereocenters. The number of aliphatic hydroxyl groups is 3. The molecule has 2 aromatic carbocycles. The first-order valence-corrected chi connectivity index (χ1v) is 8.90. The highest BCUT2D eigenvalue weighted by molar-refractivity contribution is 6.04. The van der Waals surface area contributed by atoms with E-state index in [1.807, 2.05) is 0 Å². The van der Waals surface area contributed by atoms with Gasteiger partial charge in [-0.1, -0.05) is 12.1 Å². The van der Waals surface area contributed by atoms with Crippen molar-refractivity contribution in [1.29, 1.82) is 0 Å². The first-order valence-electron chi connectivity index (χ1n) is 8.90. The molecule has 160 valence electrons. The number of hydrazone groups is 1. The number of amides is 1. The molecule has 0 bridgehead atoms. The number of hydrogen-bond acceptors (Lipinski definition) is 9. The maximum absolute atomic E-state index is 12.5. The van der Waals surface area contributed by atoms with Crippen molar-refractivity contribution in [3.63, 3.8) is 0 Å². The molecule has 1 amide bonds. The lowest BCUT2D eigenvalue weighted by Gasteiger charge is -2.17. The van der Waals surface area contributed by atoms with Crippen molar-refractivity contribution in [2.45, 2.75) is 12.2 Å². The van der Waals surface area contributed by atoms with Gasteiger partial charge in [0.25, 0.3) is 17.2 Å². The zero-order chi connectivity index (χ0) is 22.5. The maximum Gasteiger partial charge on any atom is 0.276 e. The number of aromatic amines is 1. The van der Waals surface area contributed by atoms with Crippen molar-refractivity contribution in [2.75, 3.05) is 6.61 Å². The number of rotatable bonds is 7. The molecule has 0 saturated carbocycles. The van der Waals surface area contributed by atoms with Crippen molar-refractivity contribution >= 4 is 28.3 Å². The van der Waals surface area contributed by atoms with Crippen LogP contribution in [0.2, 0.25) is 0 Å². The standard InChI is InChI=1S/C19H17N5O7/c25-9-14(26)17(27)15(16-19(29)21-13-4-2-1-3-12(13)20-16)22-23-18(28)10-5-7-11(8-6-10)24(30)31/h1-8,14,17,25-27H,9H2,(H,21,29)(H,23,28)/b22-15-. The van der Waals surface area contributed by atoms with Gasteiger partial charge in [-0.05, 0) is 24.3 Å². The summed E-state index contributed by atoms with van der Waals surface area (Å²) in [6.45, 7) is -0.845. The SMILES string of the molecule is O=C(N/N=C(/c1nc2ccccc2[nH]c1=O)C(O)C(O)CO)c1ccc([N+](=O)[O-])cc1. The van der Waals surface area contributed by atoms with Crippen molar-refractivity contribution in [3.05, 3.63) is 80.3 Å². The van der Waals surface area contributed by atoms with Gasteiger partial charge < -0.3 is 20.3 Å². The number of nitrogens with one attached hydrogen (secondary N) is 2. The predicted octanol–water partition coefficient (Wildman–Crippen LogP) is -0.321. The number of aliphatic hydroxyl groups excluding tert-OH is 3. The second kappa shape index (κ2) is 9.21. The van der Waals surface area contributed by atoms with E-state index >= 15 is 0 Å². The number of carbonyl (C=O) groups excluding carboxylic acids is 1. The number of carbonyl (C=O) groups is 1. The van der Waals surface area contributed by atoms with E-state index in [-0.39, 0.29) is 16.9 Å². The van der Waals surface area contributed by atoms with E-state index in [9.17, 15) is 29.9 Å². The summed E-state index contributed by atoms with van der Waals surface area (Å²) in [4.78, 5) is 41.6. The van der Waals surface area contributed by atoms with Gasteiger partial charge in [-0.2, -0.15) is 5.10 Å². The minimum atomic E-state index is -1.85. The Kier molecular flexibility index (Phi) is 6.45. The summed E-state index contributed by atoms with van der Waals surface area (Å²) in [6, 6.07) is 11.2. The highest BCUT2D eigenvalue weighted by Gasteiger charge is 2.27. The van der Waals surface area contributed by atoms with Crippen molar-refractivity contribution in [2.24, 2.45) is 5.10 Å². The topological polar surface area (TPSA) is 191 Å². The van der Waals surface area contributed by atoms with Crippen molar-refractivity contribution in [1.82, 2.24) is 15.4 Å². The minimum Gasteiger partial charge on any atom is -0.394 e. The number of aromatic nitrogens is 2. The van der Waals surface area contributed by atoms with Crippen LogP contribution >= 0.6 is 0 Å². The molecule has 1 heterocycles. The lowest BCUT2D eigenvalue weighted by atomic mass is 10.1. The van der Waals surface area contributed by atoms with E-state index in [0.29, 0.717) is 11.0 Å². The third kappa shape index (κ3) is 4.78. The molecule has 31 heavy (non-hydrogen) atoms. The van der Waals surface area contributed by atoms with Gasteiger partial charge in [0.2, 0.25) is 0 Å². The lowest BCUT2D eigenvalue weighted by Crippen LogP contribution is -2.41. The van der Waals surface area contributed by atoms with Crippen LogP contribution in [-0.2, 0) is 0 Å². The second-order valence-corrected chi connectivity index (χ2v) is 6.37. The summed E-state index contributed by atoms with van der Waals surface area (Å²) in [6.07, 6.45) is -3.56. The Morgan fingerprint density at radius 1 is 1.19 bits per heavy atom. The normalized spacial score (nSPS) is 13.6. The second-order valence-electron chi connectivity index (χ2n) is 6.37. The average Bonchev–Trinajstić information content (AvgIpc) is 2.78. The van der Waals surface area contributed by atoms with Crippen LogP contribution in [0.5, 0.6) is 0 Å². The van der Waals surface area contributed by atoms with E-state index in [4.69, 9.17) is 5.11 Å². The van der Waals surface area contributed by atoms with Crippen LogP contribution in [0.1, 0.15) is 16.1 Å². The number of nitro groups is 1. The monoisotopic (exact) mass is 427 g/mol. The van der Waals surface area contributed by atoms with Crippen LogP contribution < -0.4 is 11.0 Å². The molecule has 2 unspecified atom stereocenters. The van der Waals surface area contributed by atoms with E-state index < -0.39 is 40.9 Å². The summed E-state index contributed by atoms with van der Waals surface area (Å²) < 4.78 is 0. The molecular formula is C19H17N5O7. The smallest absolute Gasteiger partial charge is 0.276 e. The quantitative estimate of drug-likeness (QED) is 0.192. The highest BCUT2D eigenvalue weighted by Crippen LogP contribution is 2.12. The van der Waals surface area contributed by atoms with Crippen LogP contribution in [-0.4, -0.2) is 60.6 Å². The van der Waals surface area contributed by atoms with Gasteiger partial charge in [0.15, 0.2) is 5.69 Å². The minimum absolute atomic E-state index is 0.0197. The Morgan fingerprint density at radius 2 is 1.87 bits per heavy atom. The fourth-order valence-corrected chi connectivity index (χ4v) is 2.65. The van der Waals surface area contributed by atoms with Crippen molar-refractivity contribution < 1.29 is 25.0 Å². The number of para-hydroxylation sites is 2. The van der Waals surface area contributed by atoms with E-state index in [0.717, 1.165) is 12.1 Å². The van der Waals surface area contributed by atoms with Crippen LogP contribution in [0.3, 0.4) is 0 Å². The number of benzene rings is 2. The number of nitrogens with zero attached hydrogens (tertiary/aromatic N) is 3. The molecule has 0 saturated heterocycles. The van der Waals surface area contributed by atoms with Gasteiger partial charge in [-0.3, -0.25) is 19.7 Å². The lowest BCUT2D eigenvalue weighted by molar-refractivity contribution is -0.384. The molecule has 0 aliphatic carbocycles. The number of hydrogen-bond donors (Lipinski definition) is 5. The van der Waals surface area contributed by atoms with E-state index in [1.165, 1.54) is 12.1 Å². The first kappa shape index (κ1) is 21.7. The molecule has 5 N–H and O–H groups in total. The summed E-state index contributed by atoms with van der Waals surface area (Å²) in [7, 11) is 0. The Labute approximate surface area is 173 Å². The number of non-ortho nitro benzene ring substituents is 1. The van der Waals surface area contributed by atoms with Crippen LogP contribution in [0.25, 0.3) is 11.0 Å². The zero-order valence-electron chi connectivity index (χ0n) is 15.8. The number of fused-ring (bicyclic) bond motifs is 1. The third-order valence-electron chi connectivity index (χ3n) is 4.29. The van der Waals surface area contributed by atoms with E-state index in [1.54, 1.807) is 24.3 Å². The molecule has 3 rings (SSSR count). The van der Waals surface area contributed by atoms with E-state index in [2.05, 4.69) is 20.5 Å². The molecule has 0 radical (unpaired) electrons. The fraction of sp³-hybridized carbons (Fsp3) is 0.158. The van der Waals surface area contributed by atoms with Gasteiger partial charge in [-0.15, -0.1) is 0 Å². The van der Waals surface area contributed by atoms with Crippen molar-refractivity contribution in [3.8, 4) is 0 Å². The van der Waals surface area contributed by atoms with Crippen LogP contribution in [0.4, 0.5) is 5.69 Å². The van der Waals surface area contributed by atoms with Gasteiger partial charge in [0, 0.05) is 17.7 Å². The summed E-state index contributed by atoms with van der Waals surface area (Å²) in [5.74, 6) is -0.796. The summed E-state index contributed by atoms with van der Waals surface area (Å²) in [5, 5.41) is 43.8. The van der Waals surface area contributed by atoms with Gasteiger partial charge in [0.1, 0.15) is 17.9 Å². The maximum atomic E-state index is 12.5. The Hall–Kier alpha value is -4.00. The molecule has 0 aliphatic rings. The molecule has 12 heteroatoms. The average molecular weight is 427 g/mol. The highest BCUT2D eigenvalue weighted by atomic mass is 16.6. The zero-order valence-corrected chi connectivity index (χ0v) is 15.8.